The van der Waals surface area contributed by atoms with Crippen molar-refractivity contribution in [1.29, 1.82) is 0 Å². The SMILES string of the molecule is N[C@@H](Cc1c[nH]cn1)C(=O)N[C@@H](Cc1ccccc1)C(=O)N[C@@H](Cc1c[nH]c2ccccc12)C(=O)N[C@@H](Cc1c[nH]cn1)C(=O)O. The number of carboxylic acids is 1. The molecule has 0 aliphatic carbocycles. The molecule has 0 spiro atoms. The van der Waals surface area contributed by atoms with E-state index in [1.807, 2.05) is 54.6 Å². The number of carbonyl (C=O) groups excluding carboxylic acids is 3. The topological polar surface area (TPSA) is 224 Å². The predicted molar refractivity (Wildman–Crippen MR) is 168 cm³/mol. The molecule has 9 N–H and O–H groups in total. The van der Waals surface area contributed by atoms with Gasteiger partial charge < -0.3 is 41.7 Å². The summed E-state index contributed by atoms with van der Waals surface area (Å²) in [6, 6.07) is 12.0. The van der Waals surface area contributed by atoms with Crippen molar-refractivity contribution in [2.45, 2.75) is 49.9 Å². The number of carbonyl (C=O) groups is 4. The number of rotatable bonds is 15. The van der Waals surface area contributed by atoms with Crippen LogP contribution in [0.2, 0.25) is 0 Å². The fourth-order valence-corrected chi connectivity index (χ4v) is 5.14. The van der Waals surface area contributed by atoms with Crippen LogP contribution in [0.15, 0.2) is 85.8 Å². The number of nitrogens with zero attached hydrogens (tertiary/aromatic N) is 2. The summed E-state index contributed by atoms with van der Waals surface area (Å²) in [5.74, 6) is -3.17. The first-order chi connectivity index (χ1) is 22.3. The van der Waals surface area contributed by atoms with E-state index in [0.29, 0.717) is 11.4 Å². The summed E-state index contributed by atoms with van der Waals surface area (Å²) in [5.41, 5.74) is 9.53. The van der Waals surface area contributed by atoms with E-state index in [0.717, 1.165) is 22.0 Å². The summed E-state index contributed by atoms with van der Waals surface area (Å²) in [7, 11) is 0. The fraction of sp³-hybridized carbons (Fsp3) is 0.250. The van der Waals surface area contributed by atoms with Crippen LogP contribution in [0.3, 0.4) is 0 Å². The summed E-state index contributed by atoms with van der Waals surface area (Å²) in [4.78, 5) is 69.8. The number of hydrogen-bond donors (Lipinski definition) is 8. The molecule has 3 heterocycles. The Labute approximate surface area is 263 Å². The van der Waals surface area contributed by atoms with Gasteiger partial charge in [0.15, 0.2) is 0 Å². The van der Waals surface area contributed by atoms with Crippen molar-refractivity contribution >= 4 is 34.6 Å². The largest absolute Gasteiger partial charge is 0.480 e. The number of para-hydroxylation sites is 1. The van der Waals surface area contributed by atoms with Crippen molar-refractivity contribution in [2.24, 2.45) is 5.73 Å². The number of benzene rings is 2. The molecule has 5 rings (SSSR count). The number of amides is 3. The molecular formula is C32H35N9O5. The number of H-pyrrole nitrogens is 3. The average Bonchev–Trinajstić information content (AvgIpc) is 3.84. The Hall–Kier alpha value is -5.76. The van der Waals surface area contributed by atoms with Crippen LogP contribution in [-0.4, -0.2) is 77.9 Å². The molecule has 3 amide bonds. The van der Waals surface area contributed by atoms with Crippen LogP contribution in [-0.2, 0) is 44.9 Å². The van der Waals surface area contributed by atoms with Crippen LogP contribution >= 0.6 is 0 Å². The molecule has 238 valence electrons. The summed E-state index contributed by atoms with van der Waals surface area (Å²) >= 11 is 0. The molecule has 3 aromatic heterocycles. The number of nitrogens with one attached hydrogen (secondary N) is 6. The van der Waals surface area contributed by atoms with Crippen molar-refractivity contribution < 1.29 is 24.3 Å². The molecule has 0 radical (unpaired) electrons. The molecule has 5 aromatic rings. The third-order valence-electron chi connectivity index (χ3n) is 7.55. The quantitative estimate of drug-likeness (QED) is 0.0827. The molecule has 0 bridgehead atoms. The lowest BCUT2D eigenvalue weighted by molar-refractivity contribution is -0.142. The maximum atomic E-state index is 13.9. The second-order valence-electron chi connectivity index (χ2n) is 10.9. The van der Waals surface area contributed by atoms with Gasteiger partial charge in [-0.05, 0) is 17.2 Å². The Morgan fingerprint density at radius 3 is 1.93 bits per heavy atom. The molecule has 0 fully saturated rings. The van der Waals surface area contributed by atoms with Crippen molar-refractivity contribution in [2.75, 3.05) is 0 Å². The zero-order chi connectivity index (χ0) is 32.5. The van der Waals surface area contributed by atoms with Crippen molar-refractivity contribution in [1.82, 2.24) is 40.9 Å². The third-order valence-corrected chi connectivity index (χ3v) is 7.55. The molecule has 0 saturated heterocycles. The maximum Gasteiger partial charge on any atom is 0.326 e. The van der Waals surface area contributed by atoms with Gasteiger partial charge in [0.05, 0.1) is 30.1 Å². The Morgan fingerprint density at radius 1 is 0.696 bits per heavy atom. The van der Waals surface area contributed by atoms with Crippen LogP contribution in [0.25, 0.3) is 10.9 Å². The molecule has 0 aliphatic rings. The van der Waals surface area contributed by atoms with Gasteiger partial charge in [-0.2, -0.15) is 0 Å². The Kier molecular flexibility index (Phi) is 10.2. The lowest BCUT2D eigenvalue weighted by Crippen LogP contribution is -2.58. The molecule has 0 aliphatic heterocycles. The fourth-order valence-electron chi connectivity index (χ4n) is 5.14. The van der Waals surface area contributed by atoms with E-state index < -0.39 is 47.9 Å². The van der Waals surface area contributed by atoms with Crippen molar-refractivity contribution in [3.63, 3.8) is 0 Å². The number of hydrogen-bond acceptors (Lipinski definition) is 7. The van der Waals surface area contributed by atoms with E-state index in [4.69, 9.17) is 5.73 Å². The monoisotopic (exact) mass is 625 g/mol. The zero-order valence-electron chi connectivity index (χ0n) is 24.8. The number of imidazole rings is 2. The van der Waals surface area contributed by atoms with Gasteiger partial charge >= 0.3 is 5.97 Å². The van der Waals surface area contributed by atoms with E-state index in [9.17, 15) is 24.3 Å². The normalized spacial score (nSPS) is 13.8. The molecule has 2 aromatic carbocycles. The van der Waals surface area contributed by atoms with E-state index >= 15 is 0 Å². The van der Waals surface area contributed by atoms with E-state index in [-0.39, 0.29) is 25.7 Å². The Morgan fingerprint density at radius 2 is 1.28 bits per heavy atom. The van der Waals surface area contributed by atoms with Gasteiger partial charge in [-0.15, -0.1) is 0 Å². The van der Waals surface area contributed by atoms with Gasteiger partial charge in [0.25, 0.3) is 0 Å². The highest BCUT2D eigenvalue weighted by Gasteiger charge is 2.31. The molecule has 46 heavy (non-hydrogen) atoms. The smallest absolute Gasteiger partial charge is 0.326 e. The number of aliphatic carboxylic acids is 1. The van der Waals surface area contributed by atoms with E-state index in [1.165, 1.54) is 12.7 Å². The van der Waals surface area contributed by atoms with Crippen LogP contribution in [0.5, 0.6) is 0 Å². The summed E-state index contributed by atoms with van der Waals surface area (Å²) < 4.78 is 0. The first-order valence-electron chi connectivity index (χ1n) is 14.7. The molecule has 4 atom stereocenters. The van der Waals surface area contributed by atoms with Crippen LogP contribution in [0.1, 0.15) is 22.5 Å². The highest BCUT2D eigenvalue weighted by atomic mass is 16.4. The number of carboxylic acid groups (broad SMARTS) is 1. The van der Waals surface area contributed by atoms with Crippen molar-refractivity contribution in [3.05, 3.63) is 108 Å². The molecule has 0 unspecified atom stereocenters. The highest BCUT2D eigenvalue weighted by Crippen LogP contribution is 2.19. The van der Waals surface area contributed by atoms with Gasteiger partial charge in [-0.1, -0.05) is 48.5 Å². The van der Waals surface area contributed by atoms with Crippen LogP contribution in [0, 0.1) is 0 Å². The van der Waals surface area contributed by atoms with Gasteiger partial charge in [0.1, 0.15) is 18.1 Å². The molecule has 14 heteroatoms. The molecule has 14 nitrogen and oxygen atoms in total. The number of aromatic amines is 3. The van der Waals surface area contributed by atoms with Gasteiger partial charge in [0, 0.05) is 55.2 Å². The molecule has 0 saturated carbocycles. The lowest BCUT2D eigenvalue weighted by atomic mass is 10.0. The Bertz CT molecular complexity index is 1750. The predicted octanol–water partition coefficient (Wildman–Crippen LogP) is 0.751. The minimum absolute atomic E-state index is 0.0427. The summed E-state index contributed by atoms with van der Waals surface area (Å²) in [6.45, 7) is 0. The van der Waals surface area contributed by atoms with Crippen LogP contribution < -0.4 is 21.7 Å². The number of nitrogens with two attached hydrogens (primary N) is 1. The van der Waals surface area contributed by atoms with Gasteiger partial charge in [0.2, 0.25) is 17.7 Å². The summed E-state index contributed by atoms with van der Waals surface area (Å²) in [6.07, 6.45) is 8.05. The maximum absolute atomic E-state index is 13.9. The first kappa shape index (κ1) is 31.7. The third kappa shape index (κ3) is 8.24. The average molecular weight is 626 g/mol. The van der Waals surface area contributed by atoms with Crippen molar-refractivity contribution in [3.8, 4) is 0 Å². The Balaban J connectivity index is 1.38. The zero-order valence-corrected chi connectivity index (χ0v) is 24.8. The molecular weight excluding hydrogens is 590 g/mol. The standard InChI is InChI=1S/C32H35N9O5/c33-24(12-21-15-34-17-37-21)29(42)39-26(10-19-6-2-1-3-7-19)30(43)40-27(11-20-14-36-25-9-5-4-8-23(20)25)31(44)41-28(32(45)46)13-22-16-35-18-38-22/h1-9,14-18,24,26-28,36H,10-13,33H2,(H,34,37)(H,35,38)(H,39,42)(H,40,43)(H,41,44)(H,45,46)/t24-,26-,27-,28-/m0/s1. The van der Waals surface area contributed by atoms with E-state index in [1.54, 1.807) is 18.6 Å². The second kappa shape index (κ2) is 14.8. The minimum atomic E-state index is -1.31. The highest BCUT2D eigenvalue weighted by molar-refractivity contribution is 5.95. The number of fused-ring (bicyclic) bond motifs is 1. The van der Waals surface area contributed by atoms with Crippen LogP contribution in [0.4, 0.5) is 0 Å². The lowest BCUT2D eigenvalue weighted by Gasteiger charge is -2.25. The second-order valence-corrected chi connectivity index (χ2v) is 10.9. The minimum Gasteiger partial charge on any atom is -0.480 e. The van der Waals surface area contributed by atoms with Gasteiger partial charge in [-0.25, -0.2) is 14.8 Å². The van der Waals surface area contributed by atoms with Gasteiger partial charge in [-0.3, -0.25) is 14.4 Å². The number of aromatic nitrogens is 5. The van der Waals surface area contributed by atoms with E-state index in [2.05, 4.69) is 40.9 Å². The summed E-state index contributed by atoms with van der Waals surface area (Å²) in [5, 5.41) is 18.8. The first-order valence-corrected chi connectivity index (χ1v) is 14.7.